The Hall–Kier alpha value is -1.41. The van der Waals surface area contributed by atoms with Crippen LogP contribution in [0.4, 0.5) is 0 Å². The van der Waals surface area contributed by atoms with E-state index in [1.165, 1.54) is 48.4 Å². The molecule has 144 valence electrons. The molecular weight excluding hydrogens is 344 g/mol. The summed E-state index contributed by atoms with van der Waals surface area (Å²) in [5, 5.41) is 2.47. The van der Waals surface area contributed by atoms with E-state index >= 15 is 0 Å². The number of benzene rings is 2. The third-order valence-electron chi connectivity index (χ3n) is 4.72. The summed E-state index contributed by atoms with van der Waals surface area (Å²) in [5.74, 6) is 2.57. The standard InChI is InChI=1S/C23H33ClO2/c1-3-5-6-7-8-9-16-25-20-12-13-22-19(18-20)11-14-23(21(22)4-2)26-17-10-15-24/h11-14,18H,3-10,15-17H2,1-2H3. The van der Waals surface area contributed by atoms with Gasteiger partial charge in [0.25, 0.3) is 0 Å². The molecule has 0 bridgehead atoms. The number of rotatable bonds is 13. The fraction of sp³-hybridized carbons (Fsp3) is 0.565. The average molecular weight is 377 g/mol. The van der Waals surface area contributed by atoms with Crippen LogP contribution in [0.15, 0.2) is 30.3 Å². The SMILES string of the molecule is CCCCCCCCOc1ccc2c(CC)c(OCCCCl)ccc2c1. The van der Waals surface area contributed by atoms with E-state index < -0.39 is 0 Å². The number of aryl methyl sites for hydroxylation is 1. The molecule has 2 nitrogen and oxygen atoms in total. The first-order valence-electron chi connectivity index (χ1n) is 10.2. The summed E-state index contributed by atoms with van der Waals surface area (Å²) in [4.78, 5) is 0. The fourth-order valence-corrected chi connectivity index (χ4v) is 3.36. The van der Waals surface area contributed by atoms with E-state index in [1.807, 2.05) is 0 Å². The number of halogens is 1. The zero-order valence-corrected chi connectivity index (χ0v) is 17.1. The van der Waals surface area contributed by atoms with Gasteiger partial charge in [-0.15, -0.1) is 11.6 Å². The van der Waals surface area contributed by atoms with Crippen molar-refractivity contribution in [3.63, 3.8) is 0 Å². The smallest absolute Gasteiger partial charge is 0.123 e. The van der Waals surface area contributed by atoms with Gasteiger partial charge in [0.15, 0.2) is 0 Å². The van der Waals surface area contributed by atoms with Gasteiger partial charge in [0, 0.05) is 11.4 Å². The summed E-state index contributed by atoms with van der Waals surface area (Å²) in [7, 11) is 0. The second-order valence-corrected chi connectivity index (χ2v) is 7.16. The van der Waals surface area contributed by atoms with E-state index in [1.54, 1.807) is 0 Å². The van der Waals surface area contributed by atoms with E-state index in [0.29, 0.717) is 12.5 Å². The lowest BCUT2D eigenvalue weighted by Gasteiger charge is -2.14. The summed E-state index contributed by atoms with van der Waals surface area (Å²) in [6.45, 7) is 5.90. The molecule has 2 aromatic rings. The largest absolute Gasteiger partial charge is 0.494 e. The van der Waals surface area contributed by atoms with Crippen molar-refractivity contribution in [2.24, 2.45) is 0 Å². The number of hydrogen-bond acceptors (Lipinski definition) is 2. The number of ether oxygens (including phenoxy) is 2. The molecule has 2 aromatic carbocycles. The van der Waals surface area contributed by atoms with Gasteiger partial charge in [-0.25, -0.2) is 0 Å². The lowest BCUT2D eigenvalue weighted by molar-refractivity contribution is 0.304. The zero-order chi connectivity index (χ0) is 18.6. The van der Waals surface area contributed by atoms with Crippen molar-refractivity contribution >= 4 is 22.4 Å². The molecule has 0 heterocycles. The van der Waals surface area contributed by atoms with Gasteiger partial charge in [0.1, 0.15) is 11.5 Å². The predicted octanol–water partition coefficient (Wildman–Crippen LogP) is 7.15. The van der Waals surface area contributed by atoms with E-state index in [0.717, 1.165) is 37.4 Å². The fourth-order valence-electron chi connectivity index (χ4n) is 3.25. The molecule has 0 N–H and O–H groups in total. The zero-order valence-electron chi connectivity index (χ0n) is 16.4. The van der Waals surface area contributed by atoms with Crippen LogP contribution in [0.25, 0.3) is 10.8 Å². The molecule has 26 heavy (non-hydrogen) atoms. The maximum Gasteiger partial charge on any atom is 0.123 e. The van der Waals surface area contributed by atoms with Crippen LogP contribution in [-0.2, 0) is 6.42 Å². The highest BCUT2D eigenvalue weighted by Crippen LogP contribution is 2.31. The molecule has 0 fully saturated rings. The van der Waals surface area contributed by atoms with Crippen molar-refractivity contribution in [1.29, 1.82) is 0 Å². The Bertz CT molecular complexity index is 654. The van der Waals surface area contributed by atoms with Gasteiger partial charge < -0.3 is 9.47 Å². The Labute approximate surface area is 163 Å². The van der Waals surface area contributed by atoms with Gasteiger partial charge >= 0.3 is 0 Å². The van der Waals surface area contributed by atoms with E-state index in [2.05, 4.69) is 44.2 Å². The van der Waals surface area contributed by atoms with Gasteiger partial charge in [0.05, 0.1) is 13.2 Å². The molecule has 0 saturated carbocycles. The van der Waals surface area contributed by atoms with E-state index in [-0.39, 0.29) is 0 Å². The van der Waals surface area contributed by atoms with Crippen molar-refractivity contribution < 1.29 is 9.47 Å². The molecule has 0 unspecified atom stereocenters. The van der Waals surface area contributed by atoms with E-state index in [4.69, 9.17) is 21.1 Å². The first-order chi connectivity index (χ1) is 12.8. The Morgan fingerprint density at radius 3 is 2.35 bits per heavy atom. The summed E-state index contributed by atoms with van der Waals surface area (Å²) < 4.78 is 11.9. The topological polar surface area (TPSA) is 18.5 Å². The van der Waals surface area contributed by atoms with Crippen molar-refractivity contribution in [3.8, 4) is 11.5 Å². The molecule has 0 radical (unpaired) electrons. The first-order valence-corrected chi connectivity index (χ1v) is 10.7. The number of fused-ring (bicyclic) bond motifs is 1. The Kier molecular flexibility index (Phi) is 9.70. The van der Waals surface area contributed by atoms with Crippen molar-refractivity contribution in [1.82, 2.24) is 0 Å². The molecule has 0 atom stereocenters. The number of hydrogen-bond donors (Lipinski definition) is 0. The first kappa shape index (κ1) is 20.9. The molecule has 0 spiro atoms. The monoisotopic (exact) mass is 376 g/mol. The van der Waals surface area contributed by atoms with Crippen molar-refractivity contribution in [3.05, 3.63) is 35.9 Å². The summed E-state index contributed by atoms with van der Waals surface area (Å²) in [6.07, 6.45) is 9.53. The lowest BCUT2D eigenvalue weighted by atomic mass is 10.0. The second kappa shape index (κ2) is 12.1. The van der Waals surface area contributed by atoms with Crippen LogP contribution in [0.3, 0.4) is 0 Å². The number of alkyl halides is 1. The average Bonchev–Trinajstić information content (AvgIpc) is 2.67. The highest BCUT2D eigenvalue weighted by atomic mass is 35.5. The summed E-state index contributed by atoms with van der Waals surface area (Å²) in [6, 6.07) is 10.6. The van der Waals surface area contributed by atoms with Crippen molar-refractivity contribution in [2.75, 3.05) is 19.1 Å². The quantitative estimate of drug-likeness (QED) is 0.273. The third-order valence-corrected chi connectivity index (χ3v) is 4.98. The molecule has 0 aliphatic rings. The molecule has 3 heteroatoms. The van der Waals surface area contributed by atoms with Gasteiger partial charge in [-0.05, 0) is 48.2 Å². The lowest BCUT2D eigenvalue weighted by Crippen LogP contribution is -2.01. The predicted molar refractivity (Wildman–Crippen MR) is 113 cm³/mol. The highest BCUT2D eigenvalue weighted by Gasteiger charge is 2.08. The van der Waals surface area contributed by atoms with Gasteiger partial charge in [-0.1, -0.05) is 58.1 Å². The maximum absolute atomic E-state index is 5.96. The second-order valence-electron chi connectivity index (χ2n) is 6.79. The maximum atomic E-state index is 5.96. The van der Waals surface area contributed by atoms with Gasteiger partial charge in [0.2, 0.25) is 0 Å². The number of unbranched alkanes of at least 4 members (excludes halogenated alkanes) is 5. The summed E-state index contributed by atoms with van der Waals surface area (Å²) in [5.41, 5.74) is 1.26. The van der Waals surface area contributed by atoms with Crippen LogP contribution in [0.5, 0.6) is 11.5 Å². The minimum Gasteiger partial charge on any atom is -0.494 e. The Morgan fingerprint density at radius 2 is 1.58 bits per heavy atom. The van der Waals surface area contributed by atoms with Crippen LogP contribution in [0, 0.1) is 0 Å². The molecule has 0 aromatic heterocycles. The van der Waals surface area contributed by atoms with Crippen LogP contribution in [0.2, 0.25) is 0 Å². The third kappa shape index (κ3) is 6.39. The van der Waals surface area contributed by atoms with E-state index in [9.17, 15) is 0 Å². The molecule has 2 rings (SSSR count). The summed E-state index contributed by atoms with van der Waals surface area (Å²) >= 11 is 5.74. The molecule has 0 aliphatic carbocycles. The van der Waals surface area contributed by atoms with Gasteiger partial charge in [-0.2, -0.15) is 0 Å². The van der Waals surface area contributed by atoms with Gasteiger partial charge in [-0.3, -0.25) is 0 Å². The minimum absolute atomic E-state index is 0.633. The Balaban J connectivity index is 1.94. The minimum atomic E-state index is 0.633. The van der Waals surface area contributed by atoms with Crippen LogP contribution >= 0.6 is 11.6 Å². The highest BCUT2D eigenvalue weighted by molar-refractivity contribution is 6.17. The molecule has 0 amide bonds. The van der Waals surface area contributed by atoms with Crippen LogP contribution in [-0.4, -0.2) is 19.1 Å². The van der Waals surface area contributed by atoms with Crippen molar-refractivity contribution in [2.45, 2.75) is 65.2 Å². The molecule has 0 saturated heterocycles. The Morgan fingerprint density at radius 1 is 0.808 bits per heavy atom. The van der Waals surface area contributed by atoms with Crippen LogP contribution in [0.1, 0.15) is 64.4 Å². The van der Waals surface area contributed by atoms with Crippen LogP contribution < -0.4 is 9.47 Å². The molecule has 0 aliphatic heterocycles. The normalized spacial score (nSPS) is 11.0. The molecular formula is C23H33ClO2.